The van der Waals surface area contributed by atoms with Crippen LogP contribution in [0.1, 0.15) is 33.1 Å². The maximum absolute atomic E-state index is 12.6. The van der Waals surface area contributed by atoms with Crippen LogP contribution in [-0.2, 0) is 9.53 Å². The van der Waals surface area contributed by atoms with Crippen molar-refractivity contribution in [1.29, 1.82) is 0 Å². The van der Waals surface area contributed by atoms with Crippen molar-refractivity contribution in [1.82, 2.24) is 15.1 Å². The van der Waals surface area contributed by atoms with Crippen molar-refractivity contribution in [3.05, 3.63) is 24.3 Å². The van der Waals surface area contributed by atoms with E-state index in [1.54, 1.807) is 24.3 Å². The quantitative estimate of drug-likeness (QED) is 0.571. The Bertz CT molecular complexity index is 694. The van der Waals surface area contributed by atoms with Gasteiger partial charge >= 0.3 is 12.0 Å². The van der Waals surface area contributed by atoms with Crippen LogP contribution in [0.4, 0.5) is 10.5 Å². The third kappa shape index (κ3) is 8.65. The molecule has 0 aromatic heterocycles. The van der Waals surface area contributed by atoms with E-state index in [1.807, 2.05) is 18.7 Å². The summed E-state index contributed by atoms with van der Waals surface area (Å²) in [6.45, 7) is 9.20. The molecule has 0 spiro atoms. The Morgan fingerprint density at radius 2 is 1.72 bits per heavy atom. The lowest BCUT2D eigenvalue weighted by Gasteiger charge is -2.40. The van der Waals surface area contributed by atoms with Crippen molar-refractivity contribution in [2.24, 2.45) is 0 Å². The fourth-order valence-corrected chi connectivity index (χ4v) is 3.78. The zero-order valence-electron chi connectivity index (χ0n) is 18.9. The van der Waals surface area contributed by atoms with Gasteiger partial charge in [-0.25, -0.2) is 9.59 Å². The summed E-state index contributed by atoms with van der Waals surface area (Å²) in [6.07, 6.45) is 3.04. The summed E-state index contributed by atoms with van der Waals surface area (Å²) in [5.41, 5.74) is 0.704. The summed E-state index contributed by atoms with van der Waals surface area (Å²) in [5.74, 6) is 0.176. The molecule has 2 N–H and O–H groups in total. The van der Waals surface area contributed by atoms with E-state index < -0.39 is 0 Å². The Labute approximate surface area is 203 Å². The van der Waals surface area contributed by atoms with Crippen molar-refractivity contribution in [2.45, 2.75) is 45.3 Å². The molecule has 1 atom stereocenters. The number of carbonyl (C=O) groups excluding carboxylic acids is 2. The van der Waals surface area contributed by atoms with Crippen molar-refractivity contribution < 1.29 is 19.1 Å². The largest absolute Gasteiger partial charge is 0.482 e. The molecule has 0 saturated carbocycles. The summed E-state index contributed by atoms with van der Waals surface area (Å²) in [7, 11) is 0. The number of piperazine rings is 1. The standard InChI is InChI=1S/C22H34N4O4.2ClH/c1-3-17(2)30-21(27)16-29-20-6-4-18(5-7-20)24-22(28)26-14-12-25(13-15-26)19-8-10-23-11-9-19;;/h4-7,17,19,23H,3,8-16H2,1-2H3,(H,24,28);2*1H/t17-;;/m1../s1. The van der Waals surface area contributed by atoms with Crippen molar-refractivity contribution in [3.8, 4) is 5.75 Å². The highest BCUT2D eigenvalue weighted by atomic mass is 35.5. The molecule has 2 heterocycles. The normalized spacial score (nSPS) is 18.0. The molecule has 0 unspecified atom stereocenters. The van der Waals surface area contributed by atoms with Gasteiger partial charge in [-0.15, -0.1) is 24.8 Å². The van der Waals surface area contributed by atoms with Crippen LogP contribution in [0, 0.1) is 0 Å². The molecule has 0 aliphatic carbocycles. The number of esters is 1. The number of hydrogen-bond donors (Lipinski definition) is 2. The Morgan fingerprint density at radius 3 is 2.31 bits per heavy atom. The number of nitrogens with one attached hydrogen (secondary N) is 2. The van der Waals surface area contributed by atoms with Crippen LogP contribution >= 0.6 is 24.8 Å². The van der Waals surface area contributed by atoms with E-state index in [0.29, 0.717) is 17.5 Å². The first-order valence-electron chi connectivity index (χ1n) is 11.0. The number of anilines is 1. The Balaban J connectivity index is 0.00000256. The fraction of sp³-hybridized carbons (Fsp3) is 0.636. The number of amides is 2. The Morgan fingerprint density at radius 1 is 1.09 bits per heavy atom. The molecule has 2 aliphatic heterocycles. The van der Waals surface area contributed by atoms with Gasteiger partial charge < -0.3 is 25.0 Å². The van der Waals surface area contributed by atoms with Crippen molar-refractivity contribution >= 4 is 42.5 Å². The first kappa shape index (κ1) is 28.3. The lowest BCUT2D eigenvalue weighted by molar-refractivity contribution is -0.150. The Hall–Kier alpha value is -1.74. The number of piperidine rings is 1. The molecule has 2 aliphatic rings. The maximum atomic E-state index is 12.6. The highest BCUT2D eigenvalue weighted by Crippen LogP contribution is 2.18. The predicted molar refractivity (Wildman–Crippen MR) is 130 cm³/mol. The third-order valence-electron chi connectivity index (χ3n) is 5.80. The van der Waals surface area contributed by atoms with Gasteiger partial charge in [0.25, 0.3) is 0 Å². The average molecular weight is 491 g/mol. The molecule has 0 radical (unpaired) electrons. The zero-order chi connectivity index (χ0) is 21.3. The maximum Gasteiger partial charge on any atom is 0.344 e. The second-order valence-corrected chi connectivity index (χ2v) is 7.96. The van der Waals surface area contributed by atoms with E-state index in [-0.39, 0.29) is 49.5 Å². The Kier molecular flexibility index (Phi) is 12.7. The topological polar surface area (TPSA) is 83.1 Å². The molecule has 2 amide bonds. The van der Waals surface area contributed by atoms with Crippen LogP contribution in [0.15, 0.2) is 24.3 Å². The van der Waals surface area contributed by atoms with Gasteiger partial charge in [-0.3, -0.25) is 4.90 Å². The van der Waals surface area contributed by atoms with Crippen LogP contribution < -0.4 is 15.4 Å². The zero-order valence-corrected chi connectivity index (χ0v) is 20.5. The molecule has 182 valence electrons. The number of halogens is 2. The molecule has 8 nitrogen and oxygen atoms in total. The number of hydrogen-bond acceptors (Lipinski definition) is 6. The highest BCUT2D eigenvalue weighted by Gasteiger charge is 2.27. The van der Waals surface area contributed by atoms with Gasteiger partial charge in [0, 0.05) is 37.9 Å². The van der Waals surface area contributed by atoms with Crippen LogP contribution in [0.2, 0.25) is 0 Å². The van der Waals surface area contributed by atoms with Gasteiger partial charge in [-0.05, 0) is 63.5 Å². The first-order chi connectivity index (χ1) is 14.5. The minimum Gasteiger partial charge on any atom is -0.482 e. The first-order valence-corrected chi connectivity index (χ1v) is 11.0. The summed E-state index contributed by atoms with van der Waals surface area (Å²) in [5, 5.41) is 6.35. The van der Waals surface area contributed by atoms with Crippen molar-refractivity contribution in [2.75, 3.05) is 51.2 Å². The summed E-state index contributed by atoms with van der Waals surface area (Å²) < 4.78 is 10.6. The van der Waals surface area contributed by atoms with E-state index in [0.717, 1.165) is 45.7 Å². The molecule has 2 fully saturated rings. The number of urea groups is 1. The number of benzene rings is 1. The van der Waals surface area contributed by atoms with Crippen LogP contribution in [0.25, 0.3) is 0 Å². The molecule has 2 saturated heterocycles. The second-order valence-electron chi connectivity index (χ2n) is 7.96. The number of nitrogens with zero attached hydrogens (tertiary/aromatic N) is 2. The van der Waals surface area contributed by atoms with E-state index in [4.69, 9.17) is 9.47 Å². The van der Waals surface area contributed by atoms with Gasteiger partial charge in [0.1, 0.15) is 5.75 Å². The van der Waals surface area contributed by atoms with Crippen molar-refractivity contribution in [3.63, 3.8) is 0 Å². The minimum absolute atomic E-state index is 0. The molecule has 32 heavy (non-hydrogen) atoms. The molecule has 1 aromatic rings. The van der Waals surface area contributed by atoms with Gasteiger partial charge in [0.05, 0.1) is 6.10 Å². The minimum atomic E-state index is -0.384. The fourth-order valence-electron chi connectivity index (χ4n) is 3.78. The third-order valence-corrected chi connectivity index (χ3v) is 5.80. The van der Waals surface area contributed by atoms with Crippen LogP contribution in [0.3, 0.4) is 0 Å². The van der Waals surface area contributed by atoms with Crippen LogP contribution in [0.5, 0.6) is 5.75 Å². The summed E-state index contributed by atoms with van der Waals surface area (Å²) in [4.78, 5) is 28.6. The van der Waals surface area contributed by atoms with E-state index in [9.17, 15) is 9.59 Å². The lowest BCUT2D eigenvalue weighted by Crippen LogP contribution is -2.54. The van der Waals surface area contributed by atoms with Gasteiger partial charge in [-0.1, -0.05) is 6.92 Å². The molecule has 1 aromatic carbocycles. The molecular formula is C22H36Cl2N4O4. The summed E-state index contributed by atoms with van der Waals surface area (Å²) in [6, 6.07) is 7.59. The van der Waals surface area contributed by atoms with Crippen LogP contribution in [-0.4, -0.2) is 79.8 Å². The highest BCUT2D eigenvalue weighted by molar-refractivity contribution is 5.89. The average Bonchev–Trinajstić information content (AvgIpc) is 2.79. The van der Waals surface area contributed by atoms with E-state index >= 15 is 0 Å². The smallest absolute Gasteiger partial charge is 0.344 e. The lowest BCUT2D eigenvalue weighted by atomic mass is 10.0. The number of ether oxygens (including phenoxy) is 2. The molecule has 3 rings (SSSR count). The van der Waals surface area contributed by atoms with Gasteiger partial charge in [0.15, 0.2) is 6.61 Å². The SMILES string of the molecule is CC[C@@H](C)OC(=O)COc1ccc(NC(=O)N2CCN(C3CCNCC3)CC2)cc1.Cl.Cl. The van der Waals surface area contributed by atoms with Gasteiger partial charge in [0.2, 0.25) is 0 Å². The number of carbonyl (C=O) groups is 2. The molecule has 10 heteroatoms. The number of rotatable bonds is 7. The van der Waals surface area contributed by atoms with Gasteiger partial charge in [-0.2, -0.15) is 0 Å². The van der Waals surface area contributed by atoms with E-state index in [1.165, 1.54) is 12.8 Å². The van der Waals surface area contributed by atoms with E-state index in [2.05, 4.69) is 15.5 Å². The molecular weight excluding hydrogens is 455 g/mol. The summed E-state index contributed by atoms with van der Waals surface area (Å²) >= 11 is 0. The predicted octanol–water partition coefficient (Wildman–Crippen LogP) is 3.15. The monoisotopic (exact) mass is 490 g/mol. The molecule has 0 bridgehead atoms. The second kappa shape index (κ2) is 14.4.